The molecule has 0 bridgehead atoms. The van der Waals surface area contributed by atoms with E-state index in [1.807, 2.05) is 13.8 Å². The lowest BCUT2D eigenvalue weighted by molar-refractivity contribution is 0.624. The van der Waals surface area contributed by atoms with E-state index in [1.54, 1.807) is 6.07 Å². The Kier molecular flexibility index (Phi) is 2.97. The van der Waals surface area contributed by atoms with Crippen molar-refractivity contribution in [3.63, 3.8) is 0 Å². The quantitative estimate of drug-likeness (QED) is 0.603. The van der Waals surface area contributed by atoms with Crippen LogP contribution in [0.1, 0.15) is 25.3 Å². The standard InChI is InChI=1S/C9H9Cl2F/c1-5(2)6-3-7(10)9(11)8(12)4-6/h3-5H,1-2H3. The topological polar surface area (TPSA) is 0 Å². The molecule has 0 spiro atoms. The van der Waals surface area contributed by atoms with Gasteiger partial charge in [0.1, 0.15) is 5.82 Å². The van der Waals surface area contributed by atoms with Crippen LogP contribution in [0.5, 0.6) is 0 Å². The number of hydrogen-bond acceptors (Lipinski definition) is 0. The molecule has 0 unspecified atom stereocenters. The monoisotopic (exact) mass is 206 g/mol. The molecule has 0 amide bonds. The lowest BCUT2D eigenvalue weighted by Gasteiger charge is -2.06. The fourth-order valence-electron chi connectivity index (χ4n) is 0.908. The van der Waals surface area contributed by atoms with Crippen molar-refractivity contribution in [2.75, 3.05) is 0 Å². The van der Waals surface area contributed by atoms with Crippen LogP contribution in [-0.4, -0.2) is 0 Å². The molecule has 0 saturated heterocycles. The van der Waals surface area contributed by atoms with Crippen LogP contribution < -0.4 is 0 Å². The summed E-state index contributed by atoms with van der Waals surface area (Å²) in [6.45, 7) is 3.94. The van der Waals surface area contributed by atoms with Gasteiger partial charge in [-0.15, -0.1) is 0 Å². The highest BCUT2D eigenvalue weighted by Crippen LogP contribution is 2.29. The average Bonchev–Trinajstić information content (AvgIpc) is 1.99. The van der Waals surface area contributed by atoms with Gasteiger partial charge >= 0.3 is 0 Å². The SMILES string of the molecule is CC(C)c1cc(F)c(Cl)c(Cl)c1. The Balaban J connectivity index is 3.21. The summed E-state index contributed by atoms with van der Waals surface area (Å²) in [5.41, 5.74) is 0.863. The molecule has 0 aliphatic heterocycles. The Labute approximate surface area is 81.3 Å². The first-order chi connectivity index (χ1) is 5.52. The number of hydrogen-bond donors (Lipinski definition) is 0. The normalized spacial score (nSPS) is 10.8. The van der Waals surface area contributed by atoms with E-state index in [-0.39, 0.29) is 16.0 Å². The van der Waals surface area contributed by atoms with E-state index >= 15 is 0 Å². The van der Waals surface area contributed by atoms with Crippen molar-refractivity contribution in [3.8, 4) is 0 Å². The fourth-order valence-corrected chi connectivity index (χ4v) is 1.23. The first kappa shape index (κ1) is 9.82. The van der Waals surface area contributed by atoms with Crippen molar-refractivity contribution >= 4 is 23.2 Å². The maximum Gasteiger partial charge on any atom is 0.143 e. The van der Waals surface area contributed by atoms with Crippen LogP contribution in [0.2, 0.25) is 10.0 Å². The number of halogens is 3. The van der Waals surface area contributed by atoms with Gasteiger partial charge in [0.2, 0.25) is 0 Å². The molecule has 66 valence electrons. The van der Waals surface area contributed by atoms with Gasteiger partial charge in [0.15, 0.2) is 0 Å². The van der Waals surface area contributed by atoms with Crippen LogP contribution in [0.25, 0.3) is 0 Å². The molecule has 0 radical (unpaired) electrons. The van der Waals surface area contributed by atoms with Crippen LogP contribution in [-0.2, 0) is 0 Å². The Morgan fingerprint density at radius 3 is 2.25 bits per heavy atom. The van der Waals surface area contributed by atoms with E-state index in [2.05, 4.69) is 0 Å². The maximum atomic E-state index is 13.0. The summed E-state index contributed by atoms with van der Waals surface area (Å²) < 4.78 is 13.0. The Hall–Kier alpha value is -0.270. The zero-order chi connectivity index (χ0) is 9.30. The molecule has 0 aliphatic carbocycles. The van der Waals surface area contributed by atoms with Gasteiger partial charge in [-0.25, -0.2) is 4.39 Å². The van der Waals surface area contributed by atoms with Gasteiger partial charge in [0.25, 0.3) is 0 Å². The summed E-state index contributed by atoms with van der Waals surface area (Å²) in [7, 11) is 0. The summed E-state index contributed by atoms with van der Waals surface area (Å²) in [5, 5.41) is 0.279. The Morgan fingerprint density at radius 1 is 1.25 bits per heavy atom. The molecule has 0 aliphatic rings. The van der Waals surface area contributed by atoms with E-state index in [0.29, 0.717) is 0 Å². The van der Waals surface area contributed by atoms with Crippen molar-refractivity contribution in [1.29, 1.82) is 0 Å². The van der Waals surface area contributed by atoms with Gasteiger partial charge < -0.3 is 0 Å². The molecule has 0 heterocycles. The third-order valence-corrected chi connectivity index (χ3v) is 2.45. The van der Waals surface area contributed by atoms with Crippen molar-refractivity contribution < 1.29 is 4.39 Å². The minimum absolute atomic E-state index is 0.000988. The van der Waals surface area contributed by atoms with Crippen molar-refractivity contribution in [1.82, 2.24) is 0 Å². The average molecular weight is 207 g/mol. The van der Waals surface area contributed by atoms with E-state index in [0.717, 1.165) is 5.56 Å². The molecule has 1 rings (SSSR count). The molecular formula is C9H9Cl2F. The summed E-state index contributed by atoms with van der Waals surface area (Å²) in [4.78, 5) is 0. The highest BCUT2D eigenvalue weighted by molar-refractivity contribution is 6.42. The summed E-state index contributed by atoms with van der Waals surface area (Å²) >= 11 is 11.2. The molecule has 0 saturated carbocycles. The maximum absolute atomic E-state index is 13.0. The molecule has 0 fully saturated rings. The van der Waals surface area contributed by atoms with E-state index < -0.39 is 5.82 Å². The Morgan fingerprint density at radius 2 is 1.83 bits per heavy atom. The molecule has 0 atom stereocenters. The van der Waals surface area contributed by atoms with Crippen LogP contribution in [0.4, 0.5) is 4.39 Å². The Bertz CT molecular complexity index is 272. The summed E-state index contributed by atoms with van der Waals surface area (Å²) in [6, 6.07) is 3.11. The molecule has 1 aromatic rings. The molecule has 0 nitrogen and oxygen atoms in total. The predicted octanol–water partition coefficient (Wildman–Crippen LogP) is 4.26. The van der Waals surface area contributed by atoms with E-state index in [1.165, 1.54) is 6.07 Å². The third-order valence-electron chi connectivity index (χ3n) is 1.67. The number of rotatable bonds is 1. The lowest BCUT2D eigenvalue weighted by Crippen LogP contribution is -1.89. The zero-order valence-electron chi connectivity index (χ0n) is 6.87. The summed E-state index contributed by atoms with van der Waals surface area (Å²) in [6.07, 6.45) is 0. The van der Waals surface area contributed by atoms with Gasteiger partial charge in [-0.05, 0) is 23.6 Å². The second-order valence-electron chi connectivity index (χ2n) is 2.95. The largest absolute Gasteiger partial charge is 0.205 e. The fraction of sp³-hybridized carbons (Fsp3) is 0.333. The van der Waals surface area contributed by atoms with Crippen LogP contribution in [0.15, 0.2) is 12.1 Å². The first-order valence-corrected chi connectivity index (χ1v) is 4.42. The predicted molar refractivity (Wildman–Crippen MR) is 50.5 cm³/mol. The van der Waals surface area contributed by atoms with E-state index in [9.17, 15) is 4.39 Å². The highest BCUT2D eigenvalue weighted by Gasteiger charge is 2.08. The molecule has 3 heteroatoms. The van der Waals surface area contributed by atoms with Gasteiger partial charge in [0.05, 0.1) is 10.0 Å². The lowest BCUT2D eigenvalue weighted by atomic mass is 10.0. The molecule has 12 heavy (non-hydrogen) atoms. The second-order valence-corrected chi connectivity index (χ2v) is 3.74. The minimum Gasteiger partial charge on any atom is -0.205 e. The highest BCUT2D eigenvalue weighted by atomic mass is 35.5. The van der Waals surface area contributed by atoms with Gasteiger partial charge in [-0.2, -0.15) is 0 Å². The third kappa shape index (κ3) is 1.90. The molecule has 1 aromatic carbocycles. The van der Waals surface area contributed by atoms with Crippen molar-refractivity contribution in [2.24, 2.45) is 0 Å². The zero-order valence-corrected chi connectivity index (χ0v) is 8.38. The van der Waals surface area contributed by atoms with Crippen molar-refractivity contribution in [2.45, 2.75) is 19.8 Å². The van der Waals surface area contributed by atoms with Crippen LogP contribution in [0.3, 0.4) is 0 Å². The van der Waals surface area contributed by atoms with E-state index in [4.69, 9.17) is 23.2 Å². The molecule has 0 aromatic heterocycles. The van der Waals surface area contributed by atoms with Crippen LogP contribution in [0, 0.1) is 5.82 Å². The minimum atomic E-state index is -0.451. The summed E-state index contributed by atoms with van der Waals surface area (Å²) in [5.74, 6) is -0.192. The smallest absolute Gasteiger partial charge is 0.143 e. The second kappa shape index (κ2) is 3.63. The molecular weight excluding hydrogens is 198 g/mol. The van der Waals surface area contributed by atoms with Gasteiger partial charge in [-0.1, -0.05) is 37.0 Å². The van der Waals surface area contributed by atoms with Gasteiger partial charge in [0, 0.05) is 0 Å². The van der Waals surface area contributed by atoms with Crippen LogP contribution >= 0.6 is 23.2 Å². The van der Waals surface area contributed by atoms with Gasteiger partial charge in [-0.3, -0.25) is 0 Å². The molecule has 0 N–H and O–H groups in total. The first-order valence-electron chi connectivity index (χ1n) is 3.67. The van der Waals surface area contributed by atoms with Crippen molar-refractivity contribution in [3.05, 3.63) is 33.6 Å². The number of benzene rings is 1.